The number of carboxylic acids is 1. The number of rotatable bonds is 7. The molecule has 0 spiro atoms. The fourth-order valence-electron chi connectivity index (χ4n) is 2.03. The monoisotopic (exact) mass is 356 g/mol. The van der Waals surface area contributed by atoms with E-state index >= 15 is 0 Å². The van der Waals surface area contributed by atoms with Crippen LogP contribution in [0.2, 0.25) is 0 Å². The quantitative estimate of drug-likeness (QED) is 0.225. The van der Waals surface area contributed by atoms with Crippen molar-refractivity contribution in [1.29, 1.82) is 0 Å². The lowest BCUT2D eigenvalue weighted by molar-refractivity contribution is -0.193. The van der Waals surface area contributed by atoms with E-state index < -0.39 is 23.5 Å². The third kappa shape index (κ3) is 4.85. The van der Waals surface area contributed by atoms with Crippen molar-refractivity contribution in [1.82, 2.24) is 0 Å². The number of ether oxygens (including phenoxy) is 1. The lowest BCUT2D eigenvalue weighted by Crippen LogP contribution is -2.47. The predicted octanol–water partition coefficient (Wildman–Crippen LogP) is 1.39. The van der Waals surface area contributed by atoms with Gasteiger partial charge in [-0.3, -0.25) is 4.79 Å². The molecule has 0 radical (unpaired) electrons. The SMILES string of the molecule is O=C(O)/C=C/c1ccc(C(=O)C(O)(O)C(=O)OCc2ccccc2)cc1. The van der Waals surface area contributed by atoms with Crippen molar-refractivity contribution in [2.24, 2.45) is 0 Å². The van der Waals surface area contributed by atoms with Crippen molar-refractivity contribution >= 4 is 23.8 Å². The first-order chi connectivity index (χ1) is 12.3. The van der Waals surface area contributed by atoms with Gasteiger partial charge in [-0.05, 0) is 17.2 Å². The van der Waals surface area contributed by atoms with E-state index in [0.29, 0.717) is 11.1 Å². The van der Waals surface area contributed by atoms with Crippen LogP contribution in [0.15, 0.2) is 60.7 Å². The summed E-state index contributed by atoms with van der Waals surface area (Å²) in [5.74, 6) is -7.19. The van der Waals surface area contributed by atoms with Gasteiger partial charge >= 0.3 is 17.7 Å². The zero-order valence-electron chi connectivity index (χ0n) is 13.5. The molecule has 2 rings (SSSR count). The zero-order valence-corrected chi connectivity index (χ0v) is 13.5. The summed E-state index contributed by atoms with van der Waals surface area (Å²) in [6.45, 7) is -0.214. The molecule has 0 aliphatic rings. The number of hydrogen-bond acceptors (Lipinski definition) is 6. The first-order valence-electron chi connectivity index (χ1n) is 7.52. The highest BCUT2D eigenvalue weighted by molar-refractivity contribution is 6.13. The zero-order chi connectivity index (χ0) is 19.2. The van der Waals surface area contributed by atoms with Gasteiger partial charge in [0, 0.05) is 11.6 Å². The third-order valence-electron chi connectivity index (χ3n) is 3.41. The topological polar surface area (TPSA) is 121 Å². The van der Waals surface area contributed by atoms with Gasteiger partial charge in [-0.25, -0.2) is 9.59 Å². The minimum atomic E-state index is -3.33. The average Bonchev–Trinajstić information content (AvgIpc) is 2.65. The van der Waals surface area contributed by atoms with Crippen molar-refractivity contribution in [3.63, 3.8) is 0 Å². The Morgan fingerprint density at radius 3 is 2.15 bits per heavy atom. The number of aliphatic carboxylic acids is 1. The van der Waals surface area contributed by atoms with Crippen LogP contribution in [0.4, 0.5) is 0 Å². The molecular formula is C19H16O7. The number of benzene rings is 2. The van der Waals surface area contributed by atoms with Crippen LogP contribution in [0.5, 0.6) is 0 Å². The molecule has 2 aromatic rings. The third-order valence-corrected chi connectivity index (χ3v) is 3.41. The van der Waals surface area contributed by atoms with Crippen molar-refractivity contribution < 1.29 is 34.4 Å². The summed E-state index contributed by atoms with van der Waals surface area (Å²) in [6.07, 6.45) is 2.22. The highest BCUT2D eigenvalue weighted by Gasteiger charge is 2.44. The molecule has 0 aromatic heterocycles. The van der Waals surface area contributed by atoms with Crippen LogP contribution in [0.25, 0.3) is 6.08 Å². The summed E-state index contributed by atoms with van der Waals surface area (Å²) in [4.78, 5) is 34.5. The maximum absolute atomic E-state index is 12.2. The Balaban J connectivity index is 2.06. The molecule has 3 N–H and O–H groups in total. The normalized spacial score (nSPS) is 11.3. The van der Waals surface area contributed by atoms with Gasteiger partial charge in [0.25, 0.3) is 0 Å². The summed E-state index contributed by atoms with van der Waals surface area (Å²) < 4.78 is 4.79. The summed E-state index contributed by atoms with van der Waals surface area (Å²) in [7, 11) is 0. The summed E-state index contributed by atoms with van der Waals surface area (Å²) in [5.41, 5.74) is 0.967. The van der Waals surface area contributed by atoms with Gasteiger partial charge in [0.1, 0.15) is 6.61 Å². The first-order valence-corrected chi connectivity index (χ1v) is 7.52. The van der Waals surface area contributed by atoms with Crippen LogP contribution >= 0.6 is 0 Å². The molecule has 0 unspecified atom stereocenters. The lowest BCUT2D eigenvalue weighted by atomic mass is 10.0. The minimum absolute atomic E-state index is 0.140. The summed E-state index contributed by atoms with van der Waals surface area (Å²) in [5, 5.41) is 28.3. The molecule has 0 heterocycles. The maximum atomic E-state index is 12.2. The summed E-state index contributed by atoms with van der Waals surface area (Å²) >= 11 is 0. The number of esters is 1. The predicted molar refractivity (Wildman–Crippen MR) is 90.8 cm³/mol. The number of hydrogen-bond donors (Lipinski definition) is 3. The van der Waals surface area contributed by atoms with Gasteiger partial charge in [-0.1, -0.05) is 54.6 Å². The van der Waals surface area contributed by atoms with E-state index in [-0.39, 0.29) is 12.2 Å². The van der Waals surface area contributed by atoms with Crippen molar-refractivity contribution in [2.75, 3.05) is 0 Å². The van der Waals surface area contributed by atoms with Gasteiger partial charge in [-0.2, -0.15) is 0 Å². The van der Waals surface area contributed by atoms with E-state index in [2.05, 4.69) is 0 Å². The van der Waals surface area contributed by atoms with Crippen molar-refractivity contribution in [3.05, 3.63) is 77.4 Å². The van der Waals surface area contributed by atoms with Crippen LogP contribution in [-0.2, 0) is 20.9 Å². The highest BCUT2D eigenvalue weighted by atomic mass is 16.6. The lowest BCUT2D eigenvalue weighted by Gasteiger charge is -2.18. The fourth-order valence-corrected chi connectivity index (χ4v) is 2.03. The van der Waals surface area contributed by atoms with E-state index in [1.807, 2.05) is 0 Å². The highest BCUT2D eigenvalue weighted by Crippen LogP contribution is 2.16. The van der Waals surface area contributed by atoms with E-state index in [0.717, 1.165) is 6.08 Å². The molecule has 0 fully saturated rings. The molecule has 0 atom stereocenters. The Labute approximate surface area is 148 Å². The Kier molecular flexibility index (Phi) is 6.00. The van der Waals surface area contributed by atoms with E-state index in [4.69, 9.17) is 9.84 Å². The number of ketones is 1. The van der Waals surface area contributed by atoms with Crippen molar-refractivity contribution in [3.8, 4) is 0 Å². The molecule has 0 aliphatic heterocycles. The largest absolute Gasteiger partial charge is 0.478 e. The van der Waals surface area contributed by atoms with Gasteiger partial charge in [0.05, 0.1) is 0 Å². The number of carbonyl (C=O) groups is 3. The average molecular weight is 356 g/mol. The molecular weight excluding hydrogens is 340 g/mol. The second-order valence-electron chi connectivity index (χ2n) is 5.36. The molecule has 7 heteroatoms. The molecule has 134 valence electrons. The number of Topliss-reactive ketones (excluding diaryl/α,β-unsaturated/α-hetero) is 1. The molecule has 7 nitrogen and oxygen atoms in total. The van der Waals surface area contributed by atoms with E-state index in [9.17, 15) is 24.6 Å². The minimum Gasteiger partial charge on any atom is -0.478 e. The molecule has 0 amide bonds. The van der Waals surface area contributed by atoms with E-state index in [1.54, 1.807) is 30.3 Å². The Bertz CT molecular complexity index is 821. The smallest absolute Gasteiger partial charge is 0.375 e. The van der Waals surface area contributed by atoms with Gasteiger partial charge in [-0.15, -0.1) is 0 Å². The molecule has 26 heavy (non-hydrogen) atoms. The van der Waals surface area contributed by atoms with Crippen LogP contribution in [0.3, 0.4) is 0 Å². The van der Waals surface area contributed by atoms with Crippen molar-refractivity contribution in [2.45, 2.75) is 12.4 Å². The van der Waals surface area contributed by atoms with Gasteiger partial charge in [0.15, 0.2) is 0 Å². The molecule has 0 saturated carbocycles. The molecule has 0 saturated heterocycles. The van der Waals surface area contributed by atoms with Gasteiger partial charge in [0.2, 0.25) is 5.78 Å². The van der Waals surface area contributed by atoms with Crippen LogP contribution in [0.1, 0.15) is 21.5 Å². The standard InChI is InChI=1S/C19H16O7/c20-16(21)11-8-13-6-9-15(10-7-13)17(22)19(24,25)18(23)26-12-14-4-2-1-3-5-14/h1-11,24-25H,12H2,(H,20,21)/b11-8+. The number of aliphatic hydroxyl groups is 2. The van der Waals surface area contributed by atoms with Crippen LogP contribution < -0.4 is 0 Å². The fraction of sp³-hybridized carbons (Fsp3) is 0.105. The molecule has 0 aliphatic carbocycles. The first kappa shape index (κ1) is 19.0. The van der Waals surface area contributed by atoms with Crippen LogP contribution in [0, 0.1) is 0 Å². The second-order valence-corrected chi connectivity index (χ2v) is 5.36. The summed E-state index contributed by atoms with van der Waals surface area (Å²) in [6, 6.07) is 13.9. The molecule has 0 bridgehead atoms. The Hall–Kier alpha value is -3.29. The van der Waals surface area contributed by atoms with E-state index in [1.165, 1.54) is 30.3 Å². The Morgan fingerprint density at radius 2 is 1.58 bits per heavy atom. The Morgan fingerprint density at radius 1 is 0.962 bits per heavy atom. The maximum Gasteiger partial charge on any atom is 0.375 e. The number of carboxylic acid groups (broad SMARTS) is 1. The second kappa shape index (κ2) is 8.19. The van der Waals surface area contributed by atoms with Crippen LogP contribution in [-0.4, -0.2) is 38.8 Å². The number of carbonyl (C=O) groups excluding carboxylic acids is 2. The van der Waals surface area contributed by atoms with Gasteiger partial charge < -0.3 is 20.1 Å². The molecule has 2 aromatic carbocycles.